The van der Waals surface area contributed by atoms with Crippen molar-refractivity contribution >= 4 is 11.8 Å². The molecule has 0 saturated carbocycles. The summed E-state index contributed by atoms with van der Waals surface area (Å²) in [6.45, 7) is 1.10. The molecule has 0 spiro atoms. The molecule has 2 aromatic rings. The van der Waals surface area contributed by atoms with Gasteiger partial charge in [0, 0.05) is 31.2 Å². The molecular formula is C16H17N5O3. The molecule has 1 unspecified atom stereocenters. The van der Waals surface area contributed by atoms with Crippen molar-refractivity contribution in [2.75, 3.05) is 13.1 Å². The highest BCUT2D eigenvalue weighted by Gasteiger charge is 2.26. The number of hydrogen-bond acceptors (Lipinski definition) is 6. The summed E-state index contributed by atoms with van der Waals surface area (Å²) in [5, 5.41) is 0. The molecule has 0 bridgehead atoms. The van der Waals surface area contributed by atoms with E-state index in [9.17, 15) is 9.59 Å². The number of primary amides is 1. The van der Waals surface area contributed by atoms with Gasteiger partial charge in [0.2, 0.25) is 0 Å². The lowest BCUT2D eigenvalue weighted by Crippen LogP contribution is -2.44. The largest absolute Gasteiger partial charge is 0.488 e. The van der Waals surface area contributed by atoms with Gasteiger partial charge in [-0.25, -0.2) is 4.98 Å². The summed E-state index contributed by atoms with van der Waals surface area (Å²) in [5.74, 6) is -0.259. The van der Waals surface area contributed by atoms with E-state index in [0.717, 1.165) is 12.8 Å². The molecule has 8 nitrogen and oxygen atoms in total. The number of aromatic nitrogens is 3. The Morgan fingerprint density at radius 3 is 2.79 bits per heavy atom. The van der Waals surface area contributed by atoms with Crippen LogP contribution in [0.4, 0.5) is 0 Å². The van der Waals surface area contributed by atoms with E-state index in [0.29, 0.717) is 24.5 Å². The van der Waals surface area contributed by atoms with E-state index >= 15 is 0 Å². The van der Waals surface area contributed by atoms with Gasteiger partial charge < -0.3 is 15.4 Å². The van der Waals surface area contributed by atoms with Gasteiger partial charge in [0.05, 0.1) is 12.7 Å². The number of carbonyl (C=O) groups is 2. The van der Waals surface area contributed by atoms with Crippen LogP contribution in [0.3, 0.4) is 0 Å². The van der Waals surface area contributed by atoms with Gasteiger partial charge in [0.25, 0.3) is 11.8 Å². The Morgan fingerprint density at radius 1 is 1.21 bits per heavy atom. The van der Waals surface area contributed by atoms with Gasteiger partial charge in [-0.15, -0.1) is 0 Å². The topological polar surface area (TPSA) is 111 Å². The van der Waals surface area contributed by atoms with E-state index in [1.165, 1.54) is 30.9 Å². The second-order valence-corrected chi connectivity index (χ2v) is 5.46. The predicted molar refractivity (Wildman–Crippen MR) is 84.3 cm³/mol. The molecular weight excluding hydrogens is 310 g/mol. The third-order valence-electron chi connectivity index (χ3n) is 3.73. The first kappa shape index (κ1) is 15.9. The van der Waals surface area contributed by atoms with Crippen molar-refractivity contribution in [1.82, 2.24) is 19.9 Å². The van der Waals surface area contributed by atoms with Crippen molar-refractivity contribution in [3.63, 3.8) is 0 Å². The molecule has 2 N–H and O–H groups in total. The Morgan fingerprint density at radius 2 is 2.04 bits per heavy atom. The molecule has 0 aromatic carbocycles. The second kappa shape index (κ2) is 7.03. The molecule has 1 aliphatic rings. The van der Waals surface area contributed by atoms with Crippen LogP contribution in [0.15, 0.2) is 36.9 Å². The van der Waals surface area contributed by atoms with Crippen LogP contribution in [-0.4, -0.2) is 50.9 Å². The minimum absolute atomic E-state index is 0.149. The zero-order valence-electron chi connectivity index (χ0n) is 13.0. The van der Waals surface area contributed by atoms with Crippen molar-refractivity contribution in [2.24, 2.45) is 5.73 Å². The summed E-state index contributed by atoms with van der Waals surface area (Å²) >= 11 is 0. The van der Waals surface area contributed by atoms with Gasteiger partial charge in [0.15, 0.2) is 0 Å². The standard InChI is InChI=1S/C16H17N5O3/c17-15(22)13-8-11(3-4-19-13)24-12-2-1-7-21(10-12)16(23)14-9-18-5-6-20-14/h3-6,8-9,12H,1-2,7,10H2,(H2,17,22). The minimum atomic E-state index is -0.608. The highest BCUT2D eigenvalue weighted by atomic mass is 16.5. The van der Waals surface area contributed by atoms with Gasteiger partial charge in [-0.1, -0.05) is 0 Å². The molecule has 1 atom stereocenters. The number of piperidine rings is 1. The van der Waals surface area contributed by atoms with Gasteiger partial charge in [-0.3, -0.25) is 19.6 Å². The molecule has 124 valence electrons. The molecule has 1 saturated heterocycles. The summed E-state index contributed by atoms with van der Waals surface area (Å²) in [5.41, 5.74) is 5.69. The van der Waals surface area contributed by atoms with E-state index in [1.807, 2.05) is 0 Å². The number of rotatable bonds is 4. The summed E-state index contributed by atoms with van der Waals surface area (Å²) in [7, 11) is 0. The fraction of sp³-hybridized carbons (Fsp3) is 0.312. The summed E-state index contributed by atoms with van der Waals surface area (Å²) in [6, 6.07) is 3.17. The van der Waals surface area contributed by atoms with Gasteiger partial charge in [-0.2, -0.15) is 0 Å². The van der Waals surface area contributed by atoms with Crippen LogP contribution in [0.25, 0.3) is 0 Å². The Labute approximate surface area is 138 Å². The van der Waals surface area contributed by atoms with Crippen molar-refractivity contribution in [3.8, 4) is 5.75 Å². The van der Waals surface area contributed by atoms with Crippen molar-refractivity contribution in [2.45, 2.75) is 18.9 Å². The average Bonchev–Trinajstić information content (AvgIpc) is 2.62. The lowest BCUT2D eigenvalue weighted by molar-refractivity contribution is 0.0532. The number of ether oxygens (including phenoxy) is 1. The molecule has 2 amide bonds. The van der Waals surface area contributed by atoms with E-state index < -0.39 is 5.91 Å². The van der Waals surface area contributed by atoms with Crippen LogP contribution in [0.1, 0.15) is 33.8 Å². The van der Waals surface area contributed by atoms with Crippen LogP contribution in [0.5, 0.6) is 5.75 Å². The van der Waals surface area contributed by atoms with Gasteiger partial charge >= 0.3 is 0 Å². The third-order valence-corrected chi connectivity index (χ3v) is 3.73. The molecule has 2 aromatic heterocycles. The normalized spacial score (nSPS) is 17.3. The lowest BCUT2D eigenvalue weighted by Gasteiger charge is -2.32. The number of nitrogens with two attached hydrogens (primary N) is 1. The number of nitrogens with zero attached hydrogens (tertiary/aromatic N) is 4. The Balaban J connectivity index is 1.66. The molecule has 3 heterocycles. The maximum absolute atomic E-state index is 12.4. The first-order chi connectivity index (χ1) is 11.6. The van der Waals surface area contributed by atoms with Crippen LogP contribution in [0.2, 0.25) is 0 Å². The number of amides is 2. The van der Waals surface area contributed by atoms with Crippen LogP contribution >= 0.6 is 0 Å². The van der Waals surface area contributed by atoms with E-state index in [-0.39, 0.29) is 17.7 Å². The third kappa shape index (κ3) is 3.65. The molecule has 0 aliphatic carbocycles. The number of likely N-dealkylation sites (tertiary alicyclic amines) is 1. The maximum Gasteiger partial charge on any atom is 0.274 e. The van der Waals surface area contributed by atoms with Crippen molar-refractivity contribution in [3.05, 3.63) is 48.3 Å². The Hall–Kier alpha value is -3.03. The SMILES string of the molecule is NC(=O)c1cc(OC2CCCN(C(=O)c3cnccn3)C2)ccn1. The van der Waals surface area contributed by atoms with Crippen molar-refractivity contribution < 1.29 is 14.3 Å². The second-order valence-electron chi connectivity index (χ2n) is 5.46. The van der Waals surface area contributed by atoms with Crippen LogP contribution in [0, 0.1) is 0 Å². The molecule has 3 rings (SSSR count). The van der Waals surface area contributed by atoms with E-state index in [2.05, 4.69) is 15.0 Å². The molecule has 0 radical (unpaired) electrons. The summed E-state index contributed by atoms with van der Waals surface area (Å²) < 4.78 is 5.88. The Kier molecular flexibility index (Phi) is 4.64. The first-order valence-corrected chi connectivity index (χ1v) is 7.61. The first-order valence-electron chi connectivity index (χ1n) is 7.61. The number of pyridine rings is 1. The van der Waals surface area contributed by atoms with Gasteiger partial charge in [-0.05, 0) is 18.9 Å². The smallest absolute Gasteiger partial charge is 0.274 e. The Bertz CT molecular complexity index is 738. The van der Waals surface area contributed by atoms with Crippen LogP contribution < -0.4 is 10.5 Å². The summed E-state index contributed by atoms with van der Waals surface area (Å²) in [4.78, 5) is 37.2. The molecule has 24 heavy (non-hydrogen) atoms. The van der Waals surface area contributed by atoms with Crippen molar-refractivity contribution in [1.29, 1.82) is 0 Å². The molecule has 8 heteroatoms. The maximum atomic E-state index is 12.4. The van der Waals surface area contributed by atoms with Crippen LogP contribution in [-0.2, 0) is 0 Å². The lowest BCUT2D eigenvalue weighted by atomic mass is 10.1. The highest BCUT2D eigenvalue weighted by molar-refractivity contribution is 5.92. The van der Waals surface area contributed by atoms with E-state index in [4.69, 9.17) is 10.5 Å². The van der Waals surface area contributed by atoms with Gasteiger partial charge in [0.1, 0.15) is 23.2 Å². The minimum Gasteiger partial charge on any atom is -0.488 e. The predicted octanol–water partition coefficient (Wildman–Crippen LogP) is 0.654. The highest BCUT2D eigenvalue weighted by Crippen LogP contribution is 2.19. The summed E-state index contributed by atoms with van der Waals surface area (Å²) in [6.07, 6.45) is 7.42. The zero-order chi connectivity index (χ0) is 16.9. The molecule has 1 fully saturated rings. The number of hydrogen-bond donors (Lipinski definition) is 1. The number of carbonyl (C=O) groups excluding carboxylic acids is 2. The fourth-order valence-corrected chi connectivity index (χ4v) is 2.60. The zero-order valence-corrected chi connectivity index (χ0v) is 13.0. The van der Waals surface area contributed by atoms with E-state index in [1.54, 1.807) is 11.0 Å². The molecule has 1 aliphatic heterocycles. The average molecular weight is 327 g/mol. The fourth-order valence-electron chi connectivity index (χ4n) is 2.60. The quantitative estimate of drug-likeness (QED) is 0.882. The monoisotopic (exact) mass is 327 g/mol.